The molecule has 0 fully saturated rings. The summed E-state index contributed by atoms with van der Waals surface area (Å²) in [6.45, 7) is 8.53. The quantitative estimate of drug-likeness (QED) is 0.577. The number of aryl methyl sites for hydroxylation is 2. The van der Waals surface area contributed by atoms with Crippen LogP contribution in [0.5, 0.6) is 0 Å². The SMILES string of the molecule is Cc1ccc2[nH]c(C(C)(C)c3nc4ccccc4[nH]3)nc2c1C. The Morgan fingerprint density at radius 3 is 2.30 bits per heavy atom. The summed E-state index contributed by atoms with van der Waals surface area (Å²) < 4.78 is 0. The van der Waals surface area contributed by atoms with Gasteiger partial charge in [0.2, 0.25) is 0 Å². The number of H-pyrrole nitrogens is 2. The lowest BCUT2D eigenvalue weighted by atomic mass is 9.92. The van der Waals surface area contributed by atoms with Crippen LogP contribution in [-0.2, 0) is 5.41 Å². The van der Waals surface area contributed by atoms with Crippen molar-refractivity contribution in [2.75, 3.05) is 0 Å². The van der Waals surface area contributed by atoms with Crippen LogP contribution in [-0.4, -0.2) is 19.9 Å². The number of aromatic amines is 2. The number of para-hydroxylation sites is 2. The van der Waals surface area contributed by atoms with E-state index in [0.29, 0.717) is 0 Å². The topological polar surface area (TPSA) is 57.4 Å². The summed E-state index contributed by atoms with van der Waals surface area (Å²) in [5.41, 5.74) is 6.33. The van der Waals surface area contributed by atoms with E-state index in [9.17, 15) is 0 Å². The van der Waals surface area contributed by atoms with Gasteiger partial charge in [-0.1, -0.05) is 18.2 Å². The maximum absolute atomic E-state index is 4.88. The minimum absolute atomic E-state index is 0.321. The molecule has 2 N–H and O–H groups in total. The van der Waals surface area contributed by atoms with Crippen LogP contribution >= 0.6 is 0 Å². The van der Waals surface area contributed by atoms with E-state index in [1.54, 1.807) is 0 Å². The van der Waals surface area contributed by atoms with E-state index in [4.69, 9.17) is 9.97 Å². The van der Waals surface area contributed by atoms with E-state index in [-0.39, 0.29) is 5.41 Å². The van der Waals surface area contributed by atoms with Crippen LogP contribution in [0.25, 0.3) is 22.1 Å². The Hall–Kier alpha value is -2.62. The van der Waals surface area contributed by atoms with Crippen molar-refractivity contribution in [3.8, 4) is 0 Å². The lowest BCUT2D eigenvalue weighted by Crippen LogP contribution is -2.22. The number of aromatic nitrogens is 4. The highest BCUT2D eigenvalue weighted by atomic mass is 15.0. The summed E-state index contributed by atoms with van der Waals surface area (Å²) in [5.74, 6) is 1.85. The van der Waals surface area contributed by atoms with Crippen molar-refractivity contribution in [2.24, 2.45) is 0 Å². The zero-order valence-electron chi connectivity index (χ0n) is 13.9. The van der Waals surface area contributed by atoms with E-state index >= 15 is 0 Å². The summed E-state index contributed by atoms with van der Waals surface area (Å²) in [7, 11) is 0. The second kappa shape index (κ2) is 4.69. The molecule has 2 aromatic carbocycles. The minimum atomic E-state index is -0.321. The van der Waals surface area contributed by atoms with Crippen molar-refractivity contribution in [1.29, 1.82) is 0 Å². The molecule has 0 radical (unpaired) electrons. The van der Waals surface area contributed by atoms with Crippen LogP contribution in [0.4, 0.5) is 0 Å². The molecular weight excluding hydrogens is 284 g/mol. The van der Waals surface area contributed by atoms with Crippen LogP contribution in [0.3, 0.4) is 0 Å². The fourth-order valence-electron chi connectivity index (χ4n) is 2.97. The van der Waals surface area contributed by atoms with Gasteiger partial charge in [-0.2, -0.15) is 0 Å². The molecule has 4 aromatic rings. The normalized spacial score (nSPS) is 12.3. The standard InChI is InChI=1S/C19H20N4/c1-11-9-10-15-16(12(11)2)23-18(22-15)19(3,4)17-20-13-7-5-6-8-14(13)21-17/h5-10H,1-4H3,(H,20,21)(H,22,23). The predicted octanol–water partition coefficient (Wildman–Crippen LogP) is 4.38. The summed E-state index contributed by atoms with van der Waals surface area (Å²) >= 11 is 0. The number of fused-ring (bicyclic) bond motifs is 2. The van der Waals surface area contributed by atoms with Crippen molar-refractivity contribution >= 4 is 22.1 Å². The molecule has 0 amide bonds. The van der Waals surface area contributed by atoms with E-state index in [0.717, 1.165) is 33.7 Å². The fourth-order valence-corrected chi connectivity index (χ4v) is 2.97. The summed E-state index contributed by atoms with van der Waals surface area (Å²) in [5, 5.41) is 0. The second-order valence-corrected chi connectivity index (χ2v) is 6.72. The molecule has 23 heavy (non-hydrogen) atoms. The van der Waals surface area contributed by atoms with E-state index < -0.39 is 0 Å². The number of hydrogen-bond acceptors (Lipinski definition) is 2. The molecule has 0 atom stereocenters. The first-order valence-electron chi connectivity index (χ1n) is 7.88. The average molecular weight is 304 g/mol. The molecule has 116 valence electrons. The van der Waals surface area contributed by atoms with Crippen LogP contribution in [0.1, 0.15) is 36.6 Å². The average Bonchev–Trinajstić information content (AvgIpc) is 3.15. The van der Waals surface area contributed by atoms with E-state index in [1.165, 1.54) is 11.1 Å². The summed E-state index contributed by atoms with van der Waals surface area (Å²) in [4.78, 5) is 16.5. The third-order valence-electron chi connectivity index (χ3n) is 4.75. The molecule has 0 unspecified atom stereocenters. The molecular formula is C19H20N4. The van der Waals surface area contributed by atoms with E-state index in [2.05, 4.69) is 49.8 Å². The van der Waals surface area contributed by atoms with Crippen LogP contribution < -0.4 is 0 Å². The molecule has 2 heterocycles. The van der Waals surface area contributed by atoms with Crippen molar-refractivity contribution in [3.63, 3.8) is 0 Å². The Labute approximate surface area is 135 Å². The van der Waals surface area contributed by atoms with Gasteiger partial charge < -0.3 is 9.97 Å². The molecule has 0 saturated carbocycles. The van der Waals surface area contributed by atoms with Gasteiger partial charge in [-0.05, 0) is 57.0 Å². The van der Waals surface area contributed by atoms with Crippen LogP contribution in [0, 0.1) is 13.8 Å². The Bertz CT molecular complexity index is 987. The van der Waals surface area contributed by atoms with Gasteiger partial charge in [-0.3, -0.25) is 0 Å². The van der Waals surface area contributed by atoms with Crippen molar-refractivity contribution in [3.05, 3.63) is 59.2 Å². The number of nitrogens with one attached hydrogen (secondary N) is 2. The number of nitrogens with zero attached hydrogens (tertiary/aromatic N) is 2. The third kappa shape index (κ3) is 2.05. The maximum Gasteiger partial charge on any atom is 0.120 e. The highest BCUT2D eigenvalue weighted by Gasteiger charge is 2.30. The van der Waals surface area contributed by atoms with Crippen molar-refractivity contribution in [2.45, 2.75) is 33.1 Å². The molecule has 0 bridgehead atoms. The number of benzene rings is 2. The molecule has 0 aliphatic rings. The maximum atomic E-state index is 4.88. The highest BCUT2D eigenvalue weighted by molar-refractivity contribution is 5.80. The van der Waals surface area contributed by atoms with Gasteiger partial charge in [-0.25, -0.2) is 9.97 Å². The smallest absolute Gasteiger partial charge is 0.120 e. The van der Waals surface area contributed by atoms with Gasteiger partial charge in [0.15, 0.2) is 0 Å². The Kier molecular flexibility index (Phi) is 2.85. The zero-order valence-corrected chi connectivity index (χ0v) is 13.9. The Morgan fingerprint density at radius 1 is 0.826 bits per heavy atom. The van der Waals surface area contributed by atoms with Crippen LogP contribution in [0.15, 0.2) is 36.4 Å². The van der Waals surface area contributed by atoms with Crippen molar-refractivity contribution < 1.29 is 0 Å². The summed E-state index contributed by atoms with van der Waals surface area (Å²) in [6, 6.07) is 12.3. The fraction of sp³-hybridized carbons (Fsp3) is 0.263. The third-order valence-corrected chi connectivity index (χ3v) is 4.75. The predicted molar refractivity (Wildman–Crippen MR) is 93.8 cm³/mol. The van der Waals surface area contributed by atoms with Crippen molar-refractivity contribution in [1.82, 2.24) is 19.9 Å². The molecule has 2 aromatic heterocycles. The van der Waals surface area contributed by atoms with Gasteiger partial charge in [0.1, 0.15) is 11.6 Å². The van der Waals surface area contributed by atoms with Gasteiger partial charge >= 0.3 is 0 Å². The van der Waals surface area contributed by atoms with Gasteiger partial charge in [-0.15, -0.1) is 0 Å². The molecule has 4 heteroatoms. The minimum Gasteiger partial charge on any atom is -0.341 e. The molecule has 0 saturated heterocycles. The first-order chi connectivity index (χ1) is 11.0. The largest absolute Gasteiger partial charge is 0.341 e. The van der Waals surface area contributed by atoms with Gasteiger partial charge in [0.05, 0.1) is 27.5 Å². The molecule has 0 spiro atoms. The van der Waals surface area contributed by atoms with E-state index in [1.807, 2.05) is 24.3 Å². The first-order valence-corrected chi connectivity index (χ1v) is 7.88. The first kappa shape index (κ1) is 14.0. The van der Waals surface area contributed by atoms with Gasteiger partial charge in [0, 0.05) is 0 Å². The Balaban J connectivity index is 1.89. The Morgan fingerprint density at radius 2 is 1.52 bits per heavy atom. The second-order valence-electron chi connectivity index (χ2n) is 6.72. The number of rotatable bonds is 2. The molecule has 4 rings (SSSR count). The molecule has 4 nitrogen and oxygen atoms in total. The molecule has 0 aliphatic carbocycles. The lowest BCUT2D eigenvalue weighted by Gasteiger charge is -2.19. The lowest BCUT2D eigenvalue weighted by molar-refractivity contribution is 0.567. The highest BCUT2D eigenvalue weighted by Crippen LogP contribution is 2.31. The van der Waals surface area contributed by atoms with Crippen LogP contribution in [0.2, 0.25) is 0 Å². The zero-order chi connectivity index (χ0) is 16.2. The molecule has 0 aliphatic heterocycles. The monoisotopic (exact) mass is 304 g/mol. The summed E-state index contributed by atoms with van der Waals surface area (Å²) in [6.07, 6.45) is 0. The number of imidazole rings is 2. The number of hydrogen-bond donors (Lipinski definition) is 2. The van der Waals surface area contributed by atoms with Gasteiger partial charge in [0.25, 0.3) is 0 Å².